The highest BCUT2D eigenvalue weighted by Crippen LogP contribution is 2.30. The lowest BCUT2D eigenvalue weighted by Crippen LogP contribution is -2.51. The Bertz CT molecular complexity index is 1090. The number of likely N-dealkylation sites (tertiary alicyclic amines) is 1. The summed E-state index contributed by atoms with van der Waals surface area (Å²) in [6.45, 7) is 6.00. The van der Waals surface area contributed by atoms with Crippen molar-refractivity contribution in [2.24, 2.45) is 5.92 Å². The van der Waals surface area contributed by atoms with E-state index in [1.54, 1.807) is 25.8 Å². The van der Waals surface area contributed by atoms with Crippen molar-refractivity contribution in [2.75, 3.05) is 60.9 Å². The summed E-state index contributed by atoms with van der Waals surface area (Å²) in [7, 11) is 3.45. The summed E-state index contributed by atoms with van der Waals surface area (Å²) >= 11 is 0. The molecule has 1 aliphatic carbocycles. The number of aryl methyl sites for hydroxylation is 2. The third kappa shape index (κ3) is 8.15. The molecular formula is C28H47N5O5S. The Balaban J connectivity index is 1.48. The van der Waals surface area contributed by atoms with E-state index in [2.05, 4.69) is 29.2 Å². The van der Waals surface area contributed by atoms with Crippen LogP contribution >= 0.6 is 0 Å². The van der Waals surface area contributed by atoms with Crippen LogP contribution in [0.15, 0.2) is 17.0 Å². The lowest BCUT2D eigenvalue weighted by molar-refractivity contribution is -0.134. The molecule has 11 heteroatoms. The predicted octanol–water partition coefficient (Wildman–Crippen LogP) is 1.79. The summed E-state index contributed by atoms with van der Waals surface area (Å²) in [4.78, 5) is 32.2. The Morgan fingerprint density at radius 1 is 1.03 bits per heavy atom. The van der Waals surface area contributed by atoms with Crippen molar-refractivity contribution >= 4 is 21.8 Å². The van der Waals surface area contributed by atoms with E-state index in [0.717, 1.165) is 55.5 Å². The van der Waals surface area contributed by atoms with E-state index < -0.39 is 22.5 Å². The number of piperidine rings is 1. The molecule has 220 valence electrons. The summed E-state index contributed by atoms with van der Waals surface area (Å²) in [5.41, 5.74) is 0.806. The maximum atomic E-state index is 13.1. The van der Waals surface area contributed by atoms with Crippen molar-refractivity contribution < 1.29 is 23.1 Å². The Kier molecular flexibility index (Phi) is 10.8. The van der Waals surface area contributed by atoms with Crippen molar-refractivity contribution in [1.29, 1.82) is 0 Å². The topological polar surface area (TPSA) is 113 Å². The second-order valence-electron chi connectivity index (χ2n) is 11.7. The normalized spacial score (nSPS) is 21.3. The highest BCUT2D eigenvalue weighted by Gasteiger charge is 2.33. The number of nitrogens with one attached hydrogen (secondary N) is 1. The van der Waals surface area contributed by atoms with E-state index in [1.807, 2.05) is 0 Å². The van der Waals surface area contributed by atoms with Crippen LogP contribution in [0.5, 0.6) is 5.75 Å². The number of amides is 2. The van der Waals surface area contributed by atoms with Gasteiger partial charge in [0.05, 0.1) is 18.0 Å². The molecule has 0 spiro atoms. The van der Waals surface area contributed by atoms with Gasteiger partial charge >= 0.3 is 0 Å². The fourth-order valence-corrected chi connectivity index (χ4v) is 7.71. The van der Waals surface area contributed by atoms with E-state index in [4.69, 9.17) is 0 Å². The largest absolute Gasteiger partial charge is 0.508 e. The molecule has 2 atom stereocenters. The maximum Gasteiger partial charge on any atom is 0.243 e. The molecule has 1 saturated carbocycles. The molecule has 3 rings (SSSR count). The minimum Gasteiger partial charge on any atom is -0.508 e. The van der Waals surface area contributed by atoms with Crippen molar-refractivity contribution in [3.05, 3.63) is 23.3 Å². The lowest BCUT2D eigenvalue weighted by atomic mass is 9.86. The molecule has 10 nitrogen and oxygen atoms in total. The van der Waals surface area contributed by atoms with Gasteiger partial charge in [-0.25, -0.2) is 8.42 Å². The molecule has 2 fully saturated rings. The molecule has 1 aromatic carbocycles. The number of carbonyl (C=O) groups is 2. The van der Waals surface area contributed by atoms with Gasteiger partial charge in [0.25, 0.3) is 0 Å². The van der Waals surface area contributed by atoms with Crippen molar-refractivity contribution in [3.8, 4) is 5.75 Å². The van der Waals surface area contributed by atoms with Gasteiger partial charge in [-0.3, -0.25) is 9.59 Å². The molecule has 0 bridgehead atoms. The molecule has 2 unspecified atom stereocenters. The summed E-state index contributed by atoms with van der Waals surface area (Å²) in [5, 5.41) is 12.3. The lowest BCUT2D eigenvalue weighted by Gasteiger charge is -2.43. The zero-order valence-electron chi connectivity index (χ0n) is 24.4. The molecule has 1 heterocycles. The monoisotopic (exact) mass is 565 g/mol. The minimum absolute atomic E-state index is 0.0131. The molecule has 0 aromatic heterocycles. The highest BCUT2D eigenvalue weighted by atomic mass is 32.2. The van der Waals surface area contributed by atoms with E-state index in [-0.39, 0.29) is 29.1 Å². The van der Waals surface area contributed by atoms with Crippen LogP contribution in [0, 0.1) is 19.8 Å². The molecule has 1 aliphatic heterocycles. The number of benzene rings is 1. The standard InChI is InChI=1S/C28H47N5O5S/c1-20-14-25(34)15-21(2)28(20)39(37,38)31(5)19-26(35)29-17-27(36)32(6)23-8-7-9-24(16-23)33-12-10-22(11-13-33)18-30(3)4/h14-15,22-24,34H,7-13,16-19H2,1-6H3,(H,29,35). The first-order chi connectivity index (χ1) is 18.3. The Morgan fingerprint density at radius 2 is 1.64 bits per heavy atom. The Labute approximate surface area is 234 Å². The summed E-state index contributed by atoms with van der Waals surface area (Å²) in [6.07, 6.45) is 6.58. The summed E-state index contributed by atoms with van der Waals surface area (Å²) in [6, 6.07) is 3.38. The number of phenolic OH excluding ortho intramolecular Hbond substituents is 1. The molecule has 2 aliphatic rings. The second kappa shape index (κ2) is 13.4. The number of likely N-dealkylation sites (N-methyl/N-ethyl adjacent to an activating group) is 2. The Hall–Kier alpha value is -2.21. The zero-order valence-corrected chi connectivity index (χ0v) is 25.3. The van der Waals surface area contributed by atoms with Crippen molar-refractivity contribution in [1.82, 2.24) is 24.3 Å². The van der Waals surface area contributed by atoms with Crippen LogP contribution in [0.3, 0.4) is 0 Å². The number of aromatic hydroxyl groups is 1. The van der Waals surface area contributed by atoms with Gasteiger partial charge in [0, 0.05) is 32.7 Å². The Morgan fingerprint density at radius 3 is 2.23 bits per heavy atom. The van der Waals surface area contributed by atoms with Gasteiger partial charge in [-0.1, -0.05) is 0 Å². The molecular weight excluding hydrogens is 518 g/mol. The predicted molar refractivity (Wildman–Crippen MR) is 152 cm³/mol. The number of sulfonamides is 1. The average molecular weight is 566 g/mol. The molecule has 0 radical (unpaired) electrons. The van der Waals surface area contributed by atoms with E-state index in [9.17, 15) is 23.1 Å². The van der Waals surface area contributed by atoms with Gasteiger partial charge in [0.2, 0.25) is 21.8 Å². The van der Waals surface area contributed by atoms with Crippen molar-refractivity contribution in [3.63, 3.8) is 0 Å². The number of nitrogens with zero attached hydrogens (tertiary/aromatic N) is 4. The summed E-state index contributed by atoms with van der Waals surface area (Å²) in [5.74, 6) is 0.0287. The zero-order chi connectivity index (χ0) is 28.9. The fraction of sp³-hybridized carbons (Fsp3) is 0.714. The summed E-state index contributed by atoms with van der Waals surface area (Å²) < 4.78 is 27.1. The number of phenols is 1. The molecule has 1 aromatic rings. The van der Waals surface area contributed by atoms with Gasteiger partial charge in [0.1, 0.15) is 5.75 Å². The third-order valence-corrected chi connectivity index (χ3v) is 10.4. The number of rotatable bonds is 10. The fourth-order valence-electron chi connectivity index (χ4n) is 6.18. The van der Waals surface area contributed by atoms with Gasteiger partial charge in [-0.15, -0.1) is 0 Å². The first kappa shape index (κ1) is 31.3. The highest BCUT2D eigenvalue weighted by molar-refractivity contribution is 7.89. The first-order valence-corrected chi connectivity index (χ1v) is 15.4. The molecule has 2 amide bonds. The smallest absolute Gasteiger partial charge is 0.243 e. The SMILES string of the molecule is Cc1cc(O)cc(C)c1S(=O)(=O)N(C)CC(=O)NCC(=O)N(C)C1CCCC(N2CCC(CN(C)C)CC2)C1. The van der Waals surface area contributed by atoms with E-state index in [1.165, 1.54) is 32.0 Å². The number of hydrogen-bond acceptors (Lipinski definition) is 7. The molecule has 2 N–H and O–H groups in total. The van der Waals surface area contributed by atoms with E-state index in [0.29, 0.717) is 17.2 Å². The average Bonchev–Trinajstić information content (AvgIpc) is 2.86. The number of carbonyl (C=O) groups excluding carboxylic acids is 2. The van der Waals surface area contributed by atoms with Crippen LogP contribution in [-0.2, 0) is 19.6 Å². The van der Waals surface area contributed by atoms with Gasteiger partial charge in [-0.05, 0) is 109 Å². The minimum atomic E-state index is -3.95. The van der Waals surface area contributed by atoms with Crippen molar-refractivity contribution in [2.45, 2.75) is 69.4 Å². The molecule has 39 heavy (non-hydrogen) atoms. The van der Waals surface area contributed by atoms with Crippen LogP contribution in [0.2, 0.25) is 0 Å². The van der Waals surface area contributed by atoms with E-state index >= 15 is 0 Å². The van der Waals surface area contributed by atoms with Crippen LogP contribution in [-0.4, -0.2) is 117 Å². The van der Waals surface area contributed by atoms with Gasteiger partial charge in [0.15, 0.2) is 0 Å². The van der Waals surface area contributed by atoms with Crippen LogP contribution in [0.25, 0.3) is 0 Å². The van der Waals surface area contributed by atoms with Crippen LogP contribution < -0.4 is 5.32 Å². The maximum absolute atomic E-state index is 13.1. The first-order valence-electron chi connectivity index (χ1n) is 14.0. The van der Waals surface area contributed by atoms with Crippen LogP contribution in [0.4, 0.5) is 0 Å². The molecule has 1 saturated heterocycles. The van der Waals surface area contributed by atoms with Gasteiger partial charge in [-0.2, -0.15) is 4.31 Å². The van der Waals surface area contributed by atoms with Gasteiger partial charge < -0.3 is 25.1 Å². The third-order valence-electron chi connectivity index (χ3n) is 8.27. The van der Waals surface area contributed by atoms with Crippen LogP contribution in [0.1, 0.15) is 49.7 Å². The number of hydrogen-bond donors (Lipinski definition) is 2. The quantitative estimate of drug-likeness (QED) is 0.445. The second-order valence-corrected chi connectivity index (χ2v) is 13.6.